The molecule has 0 aliphatic rings. The summed E-state index contributed by atoms with van der Waals surface area (Å²) in [5.74, 6) is -1.50. The molecule has 5 N–H and O–H groups in total. The molecule has 0 rings (SSSR count). The molecule has 0 spiro atoms. The molecule has 0 radical (unpaired) electrons. The average molecular weight is 175 g/mol. The topological polar surface area (TPSA) is 104 Å². The summed E-state index contributed by atoms with van der Waals surface area (Å²) in [6.45, 7) is -0.0193. The molecule has 0 bridgehead atoms. The second-order valence-electron chi connectivity index (χ2n) is 2.22. The van der Waals surface area contributed by atoms with Crippen molar-refractivity contribution in [2.45, 2.75) is 6.04 Å². The minimum atomic E-state index is -1.12. The first-order valence-electron chi connectivity index (χ1n) is 3.48. The van der Waals surface area contributed by atoms with Crippen molar-refractivity contribution in [1.82, 2.24) is 10.6 Å². The zero-order chi connectivity index (χ0) is 9.56. The SMILES string of the molecule is CNCC(=O)NC(CN)C(=O)O. The van der Waals surface area contributed by atoms with Crippen LogP contribution in [0.3, 0.4) is 0 Å². The first-order valence-corrected chi connectivity index (χ1v) is 3.48. The van der Waals surface area contributed by atoms with Gasteiger partial charge in [0.15, 0.2) is 0 Å². The van der Waals surface area contributed by atoms with Crippen LogP contribution in [-0.4, -0.2) is 43.2 Å². The molecule has 0 aromatic heterocycles. The highest BCUT2D eigenvalue weighted by Crippen LogP contribution is 1.79. The van der Waals surface area contributed by atoms with Crippen molar-refractivity contribution >= 4 is 11.9 Å². The van der Waals surface area contributed by atoms with Gasteiger partial charge in [0.1, 0.15) is 6.04 Å². The van der Waals surface area contributed by atoms with Crippen LogP contribution in [-0.2, 0) is 9.59 Å². The lowest BCUT2D eigenvalue weighted by molar-refractivity contribution is -0.141. The maximum Gasteiger partial charge on any atom is 0.327 e. The van der Waals surface area contributed by atoms with E-state index in [1.54, 1.807) is 7.05 Å². The lowest BCUT2D eigenvalue weighted by atomic mass is 10.3. The van der Waals surface area contributed by atoms with E-state index >= 15 is 0 Å². The highest BCUT2D eigenvalue weighted by Gasteiger charge is 2.16. The number of likely N-dealkylation sites (N-methyl/N-ethyl adjacent to an activating group) is 1. The molecule has 6 heteroatoms. The Labute approximate surface area is 70.1 Å². The fraction of sp³-hybridized carbons (Fsp3) is 0.667. The number of carboxylic acid groups (broad SMARTS) is 1. The van der Waals surface area contributed by atoms with Crippen molar-refractivity contribution < 1.29 is 14.7 Å². The van der Waals surface area contributed by atoms with Crippen LogP contribution in [0.5, 0.6) is 0 Å². The van der Waals surface area contributed by atoms with Gasteiger partial charge < -0.3 is 21.5 Å². The van der Waals surface area contributed by atoms with Crippen molar-refractivity contribution in [2.24, 2.45) is 5.73 Å². The number of hydrogen-bond donors (Lipinski definition) is 4. The van der Waals surface area contributed by atoms with Gasteiger partial charge in [-0.3, -0.25) is 4.79 Å². The van der Waals surface area contributed by atoms with Crippen molar-refractivity contribution in [3.8, 4) is 0 Å². The lowest BCUT2D eigenvalue weighted by Gasteiger charge is -2.11. The van der Waals surface area contributed by atoms with E-state index in [1.165, 1.54) is 0 Å². The molecule has 0 heterocycles. The number of carbonyl (C=O) groups excluding carboxylic acids is 1. The Morgan fingerprint density at radius 1 is 1.58 bits per heavy atom. The fourth-order valence-electron chi connectivity index (χ4n) is 0.627. The Bertz CT molecular complexity index is 171. The van der Waals surface area contributed by atoms with E-state index in [2.05, 4.69) is 10.6 Å². The molecule has 6 nitrogen and oxygen atoms in total. The average Bonchev–Trinajstić information content (AvgIpc) is 2.00. The second kappa shape index (κ2) is 5.50. The van der Waals surface area contributed by atoms with E-state index in [0.717, 1.165) is 0 Å². The number of amides is 1. The molecule has 12 heavy (non-hydrogen) atoms. The first kappa shape index (κ1) is 10.9. The Balaban J connectivity index is 3.85. The largest absolute Gasteiger partial charge is 0.480 e. The maximum atomic E-state index is 10.8. The zero-order valence-electron chi connectivity index (χ0n) is 6.83. The number of aliphatic carboxylic acids is 1. The molecule has 0 aliphatic carbocycles. The fourth-order valence-corrected chi connectivity index (χ4v) is 0.627. The van der Waals surface area contributed by atoms with Gasteiger partial charge in [0, 0.05) is 6.54 Å². The Morgan fingerprint density at radius 2 is 2.17 bits per heavy atom. The van der Waals surface area contributed by atoms with Crippen LogP contribution in [0, 0.1) is 0 Å². The summed E-state index contributed by atoms with van der Waals surface area (Å²) < 4.78 is 0. The number of nitrogens with two attached hydrogens (primary N) is 1. The lowest BCUT2D eigenvalue weighted by Crippen LogP contribution is -2.48. The summed E-state index contributed by atoms with van der Waals surface area (Å²) in [4.78, 5) is 21.2. The summed E-state index contributed by atoms with van der Waals surface area (Å²) in [5.41, 5.74) is 5.10. The molecule has 0 aliphatic heterocycles. The normalized spacial score (nSPS) is 12.2. The van der Waals surface area contributed by atoms with E-state index in [1.807, 2.05) is 0 Å². The minimum Gasteiger partial charge on any atom is -0.480 e. The monoisotopic (exact) mass is 175 g/mol. The second-order valence-corrected chi connectivity index (χ2v) is 2.22. The summed E-state index contributed by atoms with van der Waals surface area (Å²) in [6, 6.07) is -0.995. The molecule has 1 unspecified atom stereocenters. The van der Waals surface area contributed by atoms with Gasteiger partial charge in [-0.15, -0.1) is 0 Å². The number of nitrogens with one attached hydrogen (secondary N) is 2. The van der Waals surface area contributed by atoms with Crippen LogP contribution >= 0.6 is 0 Å². The van der Waals surface area contributed by atoms with Crippen LogP contribution in [0.1, 0.15) is 0 Å². The number of rotatable bonds is 5. The van der Waals surface area contributed by atoms with E-state index < -0.39 is 12.0 Å². The van der Waals surface area contributed by atoms with Gasteiger partial charge in [-0.1, -0.05) is 0 Å². The standard InChI is InChI=1S/C6H13N3O3/c1-8-3-5(10)9-4(2-7)6(11)12/h4,8H,2-3,7H2,1H3,(H,9,10)(H,11,12). The van der Waals surface area contributed by atoms with Gasteiger partial charge in [-0.2, -0.15) is 0 Å². The van der Waals surface area contributed by atoms with E-state index in [0.29, 0.717) is 0 Å². The van der Waals surface area contributed by atoms with Gasteiger partial charge in [-0.05, 0) is 7.05 Å². The van der Waals surface area contributed by atoms with Crippen LogP contribution < -0.4 is 16.4 Å². The molecule has 70 valence electrons. The molecule has 0 saturated heterocycles. The molecule has 1 atom stereocenters. The summed E-state index contributed by atoms with van der Waals surface area (Å²) >= 11 is 0. The molecule has 0 fully saturated rings. The van der Waals surface area contributed by atoms with Gasteiger partial charge in [0.2, 0.25) is 5.91 Å². The Hall–Kier alpha value is -1.14. The maximum absolute atomic E-state index is 10.8. The van der Waals surface area contributed by atoms with E-state index in [4.69, 9.17) is 10.8 Å². The third-order valence-corrected chi connectivity index (χ3v) is 1.21. The van der Waals surface area contributed by atoms with Gasteiger partial charge in [-0.25, -0.2) is 4.79 Å². The molecule has 0 saturated carbocycles. The van der Waals surface area contributed by atoms with Crippen molar-refractivity contribution in [3.63, 3.8) is 0 Å². The van der Waals surface area contributed by atoms with E-state index in [9.17, 15) is 9.59 Å². The Morgan fingerprint density at radius 3 is 2.50 bits per heavy atom. The highest BCUT2D eigenvalue weighted by atomic mass is 16.4. The molecule has 0 aromatic rings. The highest BCUT2D eigenvalue weighted by molar-refractivity contribution is 5.84. The van der Waals surface area contributed by atoms with Crippen molar-refractivity contribution in [2.75, 3.05) is 20.1 Å². The number of hydrogen-bond acceptors (Lipinski definition) is 4. The van der Waals surface area contributed by atoms with Crippen molar-refractivity contribution in [1.29, 1.82) is 0 Å². The Kier molecular flexibility index (Phi) is 4.98. The summed E-state index contributed by atoms with van der Waals surface area (Å²) in [6.07, 6.45) is 0. The molecular formula is C6H13N3O3. The quantitative estimate of drug-likeness (QED) is 0.377. The number of carbonyl (C=O) groups is 2. The third-order valence-electron chi connectivity index (χ3n) is 1.21. The summed E-state index contributed by atoms with van der Waals surface area (Å²) in [7, 11) is 1.60. The predicted molar refractivity (Wildman–Crippen MR) is 42.5 cm³/mol. The zero-order valence-corrected chi connectivity index (χ0v) is 6.83. The molecule has 0 aromatic carbocycles. The summed E-state index contributed by atoms with van der Waals surface area (Å²) in [5, 5.41) is 13.3. The first-order chi connectivity index (χ1) is 5.61. The molecule has 1 amide bonds. The molecular weight excluding hydrogens is 162 g/mol. The van der Waals surface area contributed by atoms with Gasteiger partial charge in [0.25, 0.3) is 0 Å². The smallest absolute Gasteiger partial charge is 0.327 e. The van der Waals surface area contributed by atoms with E-state index in [-0.39, 0.29) is 19.0 Å². The van der Waals surface area contributed by atoms with Gasteiger partial charge >= 0.3 is 5.97 Å². The third kappa shape index (κ3) is 3.89. The van der Waals surface area contributed by atoms with Crippen LogP contribution in [0.2, 0.25) is 0 Å². The minimum absolute atomic E-state index is 0.0871. The predicted octanol–water partition coefficient (Wildman–Crippen LogP) is -2.27. The van der Waals surface area contributed by atoms with Gasteiger partial charge in [0.05, 0.1) is 6.54 Å². The van der Waals surface area contributed by atoms with Crippen LogP contribution in [0.4, 0.5) is 0 Å². The van der Waals surface area contributed by atoms with Crippen molar-refractivity contribution in [3.05, 3.63) is 0 Å². The van der Waals surface area contributed by atoms with Crippen LogP contribution in [0.25, 0.3) is 0 Å². The number of carboxylic acids is 1. The van der Waals surface area contributed by atoms with Crippen LogP contribution in [0.15, 0.2) is 0 Å².